The molecule has 22 heavy (non-hydrogen) atoms. The Balaban J connectivity index is 1.88. The molecule has 0 aliphatic carbocycles. The minimum atomic E-state index is -0.433. The van der Waals surface area contributed by atoms with Crippen LogP contribution in [0, 0.1) is 0 Å². The maximum atomic E-state index is 11.9. The molecule has 0 radical (unpaired) electrons. The lowest BCUT2D eigenvalue weighted by molar-refractivity contribution is -0.144. The number of carbonyl (C=O) groups is 2. The number of nitrogens with one attached hydrogen (secondary N) is 1. The topological polar surface area (TPSA) is 86.1 Å². The fraction of sp³-hybridized carbons (Fsp3) is 0.286. The summed E-state index contributed by atoms with van der Waals surface area (Å²) < 4.78 is 4.79. The highest BCUT2D eigenvalue weighted by Gasteiger charge is 2.09. The van der Waals surface area contributed by atoms with Crippen molar-refractivity contribution in [3.63, 3.8) is 0 Å². The number of halogens is 1. The first-order valence-electron chi connectivity index (χ1n) is 6.67. The van der Waals surface area contributed by atoms with E-state index in [2.05, 4.69) is 15.5 Å². The lowest BCUT2D eigenvalue weighted by atomic mass is 10.1. The molecule has 2 rings (SSSR count). The van der Waals surface area contributed by atoms with E-state index in [4.69, 9.17) is 16.3 Å². The minimum absolute atomic E-state index is 0.0963. The largest absolute Gasteiger partial charge is 0.465 e. The molecule has 0 spiro atoms. The lowest BCUT2D eigenvalue weighted by Gasteiger charge is -2.02. The van der Waals surface area contributed by atoms with Gasteiger partial charge < -0.3 is 10.1 Å². The summed E-state index contributed by atoms with van der Waals surface area (Å²) in [5, 5.41) is 11.1. The monoisotopic (exact) mass is 322 g/mol. The normalized spacial score (nSPS) is 10.3. The number of carbonyl (C=O) groups excluding carboxylic acids is 2. The third kappa shape index (κ3) is 4.85. The maximum absolute atomic E-state index is 11.9. The predicted octanol–water partition coefficient (Wildman–Crippen LogP) is 1.68. The molecule has 1 amide bonds. The highest BCUT2D eigenvalue weighted by Crippen LogP contribution is 2.10. The van der Waals surface area contributed by atoms with Gasteiger partial charge in [-0.25, -0.2) is 4.79 Å². The van der Waals surface area contributed by atoms with Crippen LogP contribution in [0.2, 0.25) is 5.02 Å². The zero-order chi connectivity index (χ0) is 15.9. The Kier molecular flexibility index (Phi) is 5.48. The third-order valence-corrected chi connectivity index (χ3v) is 2.91. The van der Waals surface area contributed by atoms with Gasteiger partial charge in [-0.05, 0) is 24.6 Å². The smallest absolute Gasteiger partial charge is 0.329 e. The van der Waals surface area contributed by atoms with Crippen molar-refractivity contribution in [3.8, 4) is 0 Å². The van der Waals surface area contributed by atoms with E-state index >= 15 is 0 Å². The number of hydrogen-bond donors (Lipinski definition) is 1. The molecule has 0 aliphatic rings. The molecule has 1 aromatic heterocycles. The summed E-state index contributed by atoms with van der Waals surface area (Å²) in [4.78, 5) is 24.3. The van der Waals surface area contributed by atoms with Gasteiger partial charge in [0.1, 0.15) is 0 Å². The predicted molar refractivity (Wildman–Crippen MR) is 80.4 cm³/mol. The number of esters is 1. The highest BCUT2D eigenvalue weighted by molar-refractivity contribution is 6.30. The van der Waals surface area contributed by atoms with E-state index in [1.807, 2.05) is 0 Å². The van der Waals surface area contributed by atoms with E-state index < -0.39 is 5.97 Å². The molecule has 7 nitrogen and oxygen atoms in total. The fourth-order valence-corrected chi connectivity index (χ4v) is 1.85. The van der Waals surface area contributed by atoms with Crippen molar-refractivity contribution < 1.29 is 14.3 Å². The van der Waals surface area contributed by atoms with E-state index in [-0.39, 0.29) is 24.7 Å². The molecule has 1 aromatic carbocycles. The van der Waals surface area contributed by atoms with Gasteiger partial charge in [0, 0.05) is 5.02 Å². The molecule has 0 saturated carbocycles. The number of nitrogens with zero attached hydrogens (tertiary/aromatic N) is 3. The standard InChI is InChI=1S/C14H15ClN4O3/c1-2-22-14(21)9-19-16-8-12(18-19)17-13(20)7-10-3-5-11(15)6-4-10/h3-6,8H,2,7,9H2,1H3,(H,17,18,20). The van der Waals surface area contributed by atoms with Gasteiger partial charge in [-0.2, -0.15) is 9.90 Å². The highest BCUT2D eigenvalue weighted by atomic mass is 35.5. The second-order valence-corrected chi connectivity index (χ2v) is 4.85. The zero-order valence-corrected chi connectivity index (χ0v) is 12.7. The summed E-state index contributed by atoms with van der Waals surface area (Å²) in [7, 11) is 0. The van der Waals surface area contributed by atoms with Crippen LogP contribution < -0.4 is 5.32 Å². The van der Waals surface area contributed by atoms with Crippen LogP contribution >= 0.6 is 11.6 Å². The molecule has 1 N–H and O–H groups in total. The third-order valence-electron chi connectivity index (χ3n) is 2.66. The second kappa shape index (κ2) is 7.56. The molecular formula is C14H15ClN4O3. The molecule has 116 valence electrons. The Hall–Kier alpha value is -2.41. The van der Waals surface area contributed by atoms with Crippen LogP contribution in [0.1, 0.15) is 12.5 Å². The average molecular weight is 323 g/mol. The van der Waals surface area contributed by atoms with E-state index in [1.54, 1.807) is 31.2 Å². The van der Waals surface area contributed by atoms with Crippen molar-refractivity contribution in [2.45, 2.75) is 19.9 Å². The summed E-state index contributed by atoms with van der Waals surface area (Å²) in [6.45, 7) is 1.92. The first kappa shape index (κ1) is 16.0. The SMILES string of the molecule is CCOC(=O)Cn1ncc(NC(=O)Cc2ccc(Cl)cc2)n1. The Morgan fingerprint density at radius 1 is 1.32 bits per heavy atom. The van der Waals surface area contributed by atoms with Crippen LogP contribution in [0.15, 0.2) is 30.5 Å². The number of anilines is 1. The summed E-state index contributed by atoms with van der Waals surface area (Å²) in [5.74, 6) is -0.383. The van der Waals surface area contributed by atoms with Crippen LogP contribution in [-0.4, -0.2) is 33.5 Å². The molecule has 0 atom stereocenters. The second-order valence-electron chi connectivity index (χ2n) is 4.42. The minimum Gasteiger partial charge on any atom is -0.465 e. The lowest BCUT2D eigenvalue weighted by Crippen LogP contribution is -2.17. The molecule has 2 aromatic rings. The van der Waals surface area contributed by atoms with Crippen molar-refractivity contribution in [1.82, 2.24) is 15.0 Å². The van der Waals surface area contributed by atoms with Gasteiger partial charge in [-0.3, -0.25) is 4.79 Å². The van der Waals surface area contributed by atoms with Crippen molar-refractivity contribution in [3.05, 3.63) is 41.0 Å². The van der Waals surface area contributed by atoms with Gasteiger partial charge in [0.15, 0.2) is 12.4 Å². The van der Waals surface area contributed by atoms with Crippen LogP contribution in [0.25, 0.3) is 0 Å². The van der Waals surface area contributed by atoms with Gasteiger partial charge in [0.2, 0.25) is 5.91 Å². The summed E-state index contributed by atoms with van der Waals surface area (Å²) in [6, 6.07) is 7.00. The molecule has 8 heteroatoms. The number of amides is 1. The number of ether oxygens (including phenoxy) is 1. The van der Waals surface area contributed by atoms with E-state index in [1.165, 1.54) is 6.20 Å². The molecule has 0 unspecified atom stereocenters. The average Bonchev–Trinajstić information content (AvgIpc) is 2.88. The zero-order valence-electron chi connectivity index (χ0n) is 12.0. The first-order valence-corrected chi connectivity index (χ1v) is 7.04. The molecular weight excluding hydrogens is 308 g/mol. The van der Waals surface area contributed by atoms with Crippen molar-refractivity contribution in [1.29, 1.82) is 0 Å². The van der Waals surface area contributed by atoms with Gasteiger partial charge in [-0.1, -0.05) is 23.7 Å². The van der Waals surface area contributed by atoms with E-state index in [0.29, 0.717) is 11.6 Å². The van der Waals surface area contributed by atoms with Gasteiger partial charge in [-0.15, -0.1) is 5.10 Å². The van der Waals surface area contributed by atoms with Gasteiger partial charge in [0.05, 0.1) is 19.2 Å². The summed E-state index contributed by atoms with van der Waals surface area (Å²) in [6.07, 6.45) is 1.57. The quantitative estimate of drug-likeness (QED) is 0.818. The Bertz CT molecular complexity index is 654. The van der Waals surface area contributed by atoms with E-state index in [9.17, 15) is 9.59 Å². The number of hydrogen-bond acceptors (Lipinski definition) is 5. The van der Waals surface area contributed by atoms with E-state index in [0.717, 1.165) is 10.4 Å². The summed E-state index contributed by atoms with van der Waals surface area (Å²) in [5.41, 5.74) is 0.834. The fourth-order valence-electron chi connectivity index (χ4n) is 1.73. The van der Waals surface area contributed by atoms with Crippen molar-refractivity contribution in [2.24, 2.45) is 0 Å². The first-order chi connectivity index (χ1) is 10.6. The van der Waals surface area contributed by atoms with Crippen molar-refractivity contribution >= 4 is 29.3 Å². The molecule has 1 heterocycles. The van der Waals surface area contributed by atoms with Gasteiger partial charge >= 0.3 is 5.97 Å². The Labute approximate surface area is 132 Å². The number of rotatable bonds is 6. The molecule has 0 fully saturated rings. The number of aromatic nitrogens is 3. The molecule has 0 aliphatic heterocycles. The Morgan fingerprint density at radius 3 is 2.73 bits per heavy atom. The van der Waals surface area contributed by atoms with Gasteiger partial charge in [0.25, 0.3) is 0 Å². The van der Waals surface area contributed by atoms with Crippen LogP contribution in [0.3, 0.4) is 0 Å². The van der Waals surface area contributed by atoms with Crippen molar-refractivity contribution in [2.75, 3.05) is 11.9 Å². The maximum Gasteiger partial charge on any atom is 0.329 e. The molecule has 0 bridgehead atoms. The molecule has 0 saturated heterocycles. The number of benzene rings is 1. The Morgan fingerprint density at radius 2 is 2.05 bits per heavy atom. The van der Waals surface area contributed by atoms with Crippen LogP contribution in [0.4, 0.5) is 5.82 Å². The summed E-state index contributed by atoms with van der Waals surface area (Å²) >= 11 is 5.79. The van der Waals surface area contributed by atoms with Crippen LogP contribution in [-0.2, 0) is 27.3 Å². The van der Waals surface area contributed by atoms with Crippen LogP contribution in [0.5, 0.6) is 0 Å².